The fraction of sp³-hybridized carbons (Fsp3) is 0.154. The number of nitrogen functional groups attached to an aromatic ring is 1. The van der Waals surface area contributed by atoms with Gasteiger partial charge in [0.1, 0.15) is 10.8 Å². The van der Waals surface area contributed by atoms with Crippen molar-refractivity contribution in [2.75, 3.05) is 5.73 Å². The molecule has 0 atom stereocenters. The maximum Gasteiger partial charge on any atom is 0.263 e. The second-order valence-electron chi connectivity index (χ2n) is 4.28. The summed E-state index contributed by atoms with van der Waals surface area (Å²) in [5.41, 5.74) is 7.10. The molecule has 1 aromatic carbocycles. The van der Waals surface area contributed by atoms with E-state index in [0.717, 1.165) is 10.7 Å². The van der Waals surface area contributed by atoms with E-state index in [-0.39, 0.29) is 17.1 Å². The summed E-state index contributed by atoms with van der Waals surface area (Å²) in [6.45, 7) is 1.92. The van der Waals surface area contributed by atoms with Crippen molar-refractivity contribution in [1.29, 1.82) is 0 Å². The van der Waals surface area contributed by atoms with Gasteiger partial charge in [0, 0.05) is 16.8 Å². The molecule has 7 heteroatoms. The normalized spacial score (nSPS) is 10.9. The van der Waals surface area contributed by atoms with Crippen LogP contribution in [0.5, 0.6) is 0 Å². The number of halogens is 1. The number of anilines is 1. The highest BCUT2D eigenvalue weighted by Gasteiger charge is 2.16. The molecule has 3 aromatic rings. The van der Waals surface area contributed by atoms with Crippen LogP contribution in [0.25, 0.3) is 11.5 Å². The highest BCUT2D eigenvalue weighted by molar-refractivity contribution is 7.09. The SMILES string of the molecule is Cc1csc(Cc2noc(-c3c(N)cccc3F)n2)n1. The van der Waals surface area contributed by atoms with E-state index >= 15 is 0 Å². The lowest BCUT2D eigenvalue weighted by molar-refractivity contribution is 0.422. The summed E-state index contributed by atoms with van der Waals surface area (Å²) >= 11 is 1.52. The minimum Gasteiger partial charge on any atom is -0.398 e. The largest absolute Gasteiger partial charge is 0.398 e. The molecule has 3 rings (SSSR count). The summed E-state index contributed by atoms with van der Waals surface area (Å²) in [7, 11) is 0. The van der Waals surface area contributed by atoms with Crippen LogP contribution in [0.3, 0.4) is 0 Å². The Balaban J connectivity index is 1.90. The van der Waals surface area contributed by atoms with Gasteiger partial charge in [-0.25, -0.2) is 9.37 Å². The van der Waals surface area contributed by atoms with Gasteiger partial charge in [-0.05, 0) is 19.1 Å². The van der Waals surface area contributed by atoms with Gasteiger partial charge in [0.2, 0.25) is 0 Å². The zero-order valence-corrected chi connectivity index (χ0v) is 11.4. The van der Waals surface area contributed by atoms with E-state index in [4.69, 9.17) is 10.3 Å². The van der Waals surface area contributed by atoms with Gasteiger partial charge in [0.15, 0.2) is 5.82 Å². The highest BCUT2D eigenvalue weighted by Crippen LogP contribution is 2.27. The summed E-state index contributed by atoms with van der Waals surface area (Å²) in [6.07, 6.45) is 0.455. The van der Waals surface area contributed by atoms with Crippen molar-refractivity contribution in [1.82, 2.24) is 15.1 Å². The number of benzene rings is 1. The number of aromatic nitrogens is 3. The van der Waals surface area contributed by atoms with E-state index < -0.39 is 5.82 Å². The van der Waals surface area contributed by atoms with E-state index in [0.29, 0.717) is 12.2 Å². The van der Waals surface area contributed by atoms with Crippen molar-refractivity contribution in [3.8, 4) is 11.5 Å². The van der Waals surface area contributed by atoms with Gasteiger partial charge in [-0.2, -0.15) is 4.98 Å². The lowest BCUT2D eigenvalue weighted by Gasteiger charge is -2.00. The average Bonchev–Trinajstić information content (AvgIpc) is 3.00. The van der Waals surface area contributed by atoms with E-state index in [1.54, 1.807) is 6.07 Å². The molecule has 0 fully saturated rings. The number of rotatable bonds is 3. The minimum absolute atomic E-state index is 0.0869. The fourth-order valence-corrected chi connectivity index (χ4v) is 2.58. The molecule has 2 heterocycles. The first-order chi connectivity index (χ1) is 9.63. The molecule has 0 bridgehead atoms. The number of nitrogens with two attached hydrogens (primary N) is 1. The van der Waals surface area contributed by atoms with Crippen molar-refractivity contribution in [3.05, 3.63) is 45.9 Å². The van der Waals surface area contributed by atoms with Crippen LogP contribution in [-0.4, -0.2) is 15.1 Å². The van der Waals surface area contributed by atoms with E-state index in [1.165, 1.54) is 23.5 Å². The molecule has 0 aliphatic heterocycles. The Morgan fingerprint density at radius 3 is 2.90 bits per heavy atom. The number of thiazole rings is 1. The van der Waals surface area contributed by atoms with E-state index in [1.807, 2.05) is 12.3 Å². The predicted molar refractivity (Wildman–Crippen MR) is 73.8 cm³/mol. The first kappa shape index (κ1) is 12.7. The molecule has 102 valence electrons. The molecule has 2 N–H and O–H groups in total. The standard InChI is InChI=1S/C13H11FN4OS/c1-7-6-20-11(16-7)5-10-17-13(19-18-10)12-8(14)3-2-4-9(12)15/h2-4,6H,5,15H2,1H3. The Morgan fingerprint density at radius 2 is 2.20 bits per heavy atom. The van der Waals surface area contributed by atoms with Crippen LogP contribution in [0.1, 0.15) is 16.5 Å². The van der Waals surface area contributed by atoms with E-state index in [2.05, 4.69) is 15.1 Å². The molecule has 0 radical (unpaired) electrons. The zero-order valence-electron chi connectivity index (χ0n) is 10.6. The number of nitrogens with zero attached hydrogens (tertiary/aromatic N) is 3. The summed E-state index contributed by atoms with van der Waals surface area (Å²) in [5, 5.41) is 6.67. The molecule has 20 heavy (non-hydrogen) atoms. The lowest BCUT2D eigenvalue weighted by Crippen LogP contribution is -1.94. The second kappa shape index (κ2) is 5.01. The first-order valence-corrected chi connectivity index (χ1v) is 6.79. The molecule has 0 unspecified atom stereocenters. The number of hydrogen-bond donors (Lipinski definition) is 1. The van der Waals surface area contributed by atoms with Crippen LogP contribution in [0.4, 0.5) is 10.1 Å². The van der Waals surface area contributed by atoms with Crippen LogP contribution in [-0.2, 0) is 6.42 Å². The average molecular weight is 290 g/mol. The molecule has 0 spiro atoms. The quantitative estimate of drug-likeness (QED) is 0.750. The van der Waals surface area contributed by atoms with Gasteiger partial charge in [-0.15, -0.1) is 11.3 Å². The summed E-state index contributed by atoms with van der Waals surface area (Å²) < 4.78 is 18.8. The molecular weight excluding hydrogens is 279 g/mol. The summed E-state index contributed by atoms with van der Waals surface area (Å²) in [5.74, 6) is 0.0613. The van der Waals surface area contributed by atoms with Gasteiger partial charge in [0.05, 0.1) is 12.0 Å². The third-order valence-electron chi connectivity index (χ3n) is 2.70. The number of hydrogen-bond acceptors (Lipinski definition) is 6. The molecule has 0 saturated heterocycles. The van der Waals surface area contributed by atoms with Crippen molar-refractivity contribution in [2.45, 2.75) is 13.3 Å². The zero-order chi connectivity index (χ0) is 14.1. The Kier molecular flexibility index (Phi) is 3.19. The highest BCUT2D eigenvalue weighted by atomic mass is 32.1. The van der Waals surface area contributed by atoms with E-state index in [9.17, 15) is 4.39 Å². The summed E-state index contributed by atoms with van der Waals surface area (Å²) in [4.78, 5) is 8.50. The minimum atomic E-state index is -0.481. The van der Waals surface area contributed by atoms with Crippen LogP contribution < -0.4 is 5.73 Å². The van der Waals surface area contributed by atoms with Crippen LogP contribution >= 0.6 is 11.3 Å². The van der Waals surface area contributed by atoms with Gasteiger partial charge in [-0.1, -0.05) is 11.2 Å². The van der Waals surface area contributed by atoms with Gasteiger partial charge in [-0.3, -0.25) is 0 Å². The van der Waals surface area contributed by atoms with Gasteiger partial charge in [0.25, 0.3) is 5.89 Å². The molecular formula is C13H11FN4OS. The van der Waals surface area contributed by atoms with Gasteiger partial charge >= 0.3 is 0 Å². The topological polar surface area (TPSA) is 77.8 Å². The predicted octanol–water partition coefficient (Wildman–Crippen LogP) is 2.81. The third-order valence-corrected chi connectivity index (χ3v) is 3.67. The lowest BCUT2D eigenvalue weighted by atomic mass is 10.1. The smallest absolute Gasteiger partial charge is 0.263 e. The van der Waals surface area contributed by atoms with Crippen molar-refractivity contribution >= 4 is 17.0 Å². The second-order valence-corrected chi connectivity index (χ2v) is 5.22. The molecule has 5 nitrogen and oxygen atoms in total. The van der Waals surface area contributed by atoms with Crippen molar-refractivity contribution in [3.63, 3.8) is 0 Å². The van der Waals surface area contributed by atoms with Crippen LogP contribution in [0, 0.1) is 12.7 Å². The van der Waals surface area contributed by atoms with Crippen molar-refractivity contribution in [2.24, 2.45) is 0 Å². The van der Waals surface area contributed by atoms with Crippen molar-refractivity contribution < 1.29 is 8.91 Å². The maximum atomic E-state index is 13.8. The first-order valence-electron chi connectivity index (χ1n) is 5.91. The molecule has 2 aromatic heterocycles. The monoisotopic (exact) mass is 290 g/mol. The Bertz CT molecular complexity index is 732. The Labute approximate surface area is 118 Å². The molecule has 0 aliphatic carbocycles. The van der Waals surface area contributed by atoms with Gasteiger partial charge < -0.3 is 10.3 Å². The Morgan fingerprint density at radius 1 is 1.35 bits per heavy atom. The van der Waals surface area contributed by atoms with Crippen LogP contribution in [0.15, 0.2) is 28.1 Å². The molecule has 0 amide bonds. The molecule has 0 saturated carbocycles. The molecule has 0 aliphatic rings. The third kappa shape index (κ3) is 2.39. The van der Waals surface area contributed by atoms with Crippen LogP contribution in [0.2, 0.25) is 0 Å². The maximum absolute atomic E-state index is 13.8. The number of aryl methyl sites for hydroxylation is 1. The fourth-order valence-electron chi connectivity index (χ4n) is 1.81. The Hall–Kier alpha value is -2.28. The summed E-state index contributed by atoms with van der Waals surface area (Å²) in [6, 6.07) is 4.43.